The zero-order chi connectivity index (χ0) is 18.1. The Hall–Kier alpha value is -1.36. The van der Waals surface area contributed by atoms with Crippen molar-refractivity contribution < 1.29 is 8.42 Å². The molecule has 0 amide bonds. The Morgan fingerprint density at radius 1 is 1.33 bits per heavy atom. The van der Waals surface area contributed by atoms with Crippen LogP contribution in [0.3, 0.4) is 0 Å². The first-order valence-electron chi connectivity index (χ1n) is 9.14. The molecule has 1 aromatic carbocycles. The molecule has 2 saturated heterocycles. The number of sulfone groups is 1. The third-order valence-electron chi connectivity index (χ3n) is 5.40. The number of fused-ring (bicyclic) bond motifs is 1. The van der Waals surface area contributed by atoms with Crippen molar-refractivity contribution in [2.24, 2.45) is 10.9 Å². The lowest BCUT2D eigenvalue weighted by molar-refractivity contribution is 0.434. The average molecular weight is 503 g/mol. The second-order valence-corrected chi connectivity index (χ2v) is 9.46. The minimum Gasteiger partial charge on any atom is -0.356 e. The van der Waals surface area contributed by atoms with Crippen molar-refractivity contribution >= 4 is 50.7 Å². The van der Waals surface area contributed by atoms with Crippen molar-refractivity contribution in [3.63, 3.8) is 0 Å². The molecule has 2 aromatic rings. The van der Waals surface area contributed by atoms with Gasteiger partial charge in [-0.25, -0.2) is 8.42 Å². The SMILES string of the molecule is CN=C(NCC1CCS(=O)(=O)C1)N1CCC(n2ncc3ccccc32)C1.I. The maximum atomic E-state index is 11.6. The predicted molar refractivity (Wildman–Crippen MR) is 118 cm³/mol. The summed E-state index contributed by atoms with van der Waals surface area (Å²) in [7, 11) is -1.05. The van der Waals surface area contributed by atoms with Crippen LogP contribution in [-0.2, 0) is 9.84 Å². The average Bonchev–Trinajstić information content (AvgIpc) is 3.33. The summed E-state index contributed by atoms with van der Waals surface area (Å²) < 4.78 is 25.3. The quantitative estimate of drug-likeness (QED) is 0.394. The van der Waals surface area contributed by atoms with Crippen molar-refractivity contribution in [2.75, 3.05) is 38.2 Å². The van der Waals surface area contributed by atoms with Gasteiger partial charge in [-0.1, -0.05) is 18.2 Å². The summed E-state index contributed by atoms with van der Waals surface area (Å²) in [5.74, 6) is 1.65. The molecular weight excluding hydrogens is 477 g/mol. The molecule has 2 fully saturated rings. The summed E-state index contributed by atoms with van der Waals surface area (Å²) in [5, 5.41) is 9.12. The van der Waals surface area contributed by atoms with Crippen molar-refractivity contribution in [1.82, 2.24) is 20.0 Å². The topological polar surface area (TPSA) is 79.6 Å². The smallest absolute Gasteiger partial charge is 0.193 e. The second kappa shape index (κ2) is 8.34. The number of benzene rings is 1. The van der Waals surface area contributed by atoms with E-state index in [1.807, 2.05) is 18.3 Å². The molecule has 4 rings (SSSR count). The highest BCUT2D eigenvalue weighted by molar-refractivity contribution is 14.0. The van der Waals surface area contributed by atoms with E-state index in [-0.39, 0.29) is 29.9 Å². The highest BCUT2D eigenvalue weighted by Gasteiger charge is 2.30. The van der Waals surface area contributed by atoms with Crippen molar-refractivity contribution in [3.05, 3.63) is 30.5 Å². The molecular formula is C18H26IN5O2S. The van der Waals surface area contributed by atoms with Crippen LogP contribution in [0.5, 0.6) is 0 Å². The molecule has 9 heteroatoms. The van der Waals surface area contributed by atoms with E-state index in [1.54, 1.807) is 7.05 Å². The molecule has 1 N–H and O–H groups in total. The summed E-state index contributed by atoms with van der Waals surface area (Å²) in [6.07, 6.45) is 3.68. The number of hydrogen-bond acceptors (Lipinski definition) is 4. The van der Waals surface area contributed by atoms with Gasteiger partial charge in [0.25, 0.3) is 0 Å². The van der Waals surface area contributed by atoms with Crippen LogP contribution in [0.1, 0.15) is 18.9 Å². The van der Waals surface area contributed by atoms with Gasteiger partial charge in [-0.05, 0) is 24.8 Å². The van der Waals surface area contributed by atoms with Crippen molar-refractivity contribution in [3.8, 4) is 0 Å². The van der Waals surface area contributed by atoms with Gasteiger partial charge >= 0.3 is 0 Å². The predicted octanol–water partition coefficient (Wildman–Crippen LogP) is 1.91. The van der Waals surface area contributed by atoms with Crippen LogP contribution in [0.25, 0.3) is 10.9 Å². The zero-order valence-electron chi connectivity index (χ0n) is 15.4. The van der Waals surface area contributed by atoms with E-state index in [9.17, 15) is 8.42 Å². The van der Waals surface area contributed by atoms with Gasteiger partial charge in [0.05, 0.1) is 29.3 Å². The summed E-state index contributed by atoms with van der Waals surface area (Å²) in [4.78, 5) is 6.64. The molecule has 2 unspecified atom stereocenters. The molecule has 148 valence electrons. The van der Waals surface area contributed by atoms with E-state index >= 15 is 0 Å². The van der Waals surface area contributed by atoms with Crippen LogP contribution in [0, 0.1) is 5.92 Å². The largest absolute Gasteiger partial charge is 0.356 e. The van der Waals surface area contributed by atoms with E-state index in [0.717, 1.165) is 37.3 Å². The highest BCUT2D eigenvalue weighted by atomic mass is 127. The number of aliphatic imine (C=N–C) groups is 1. The van der Waals surface area contributed by atoms with E-state index < -0.39 is 9.84 Å². The van der Waals surface area contributed by atoms with Crippen LogP contribution in [0.2, 0.25) is 0 Å². The fourth-order valence-electron chi connectivity index (χ4n) is 4.02. The summed E-state index contributed by atoms with van der Waals surface area (Å²) >= 11 is 0. The minimum atomic E-state index is -2.83. The van der Waals surface area contributed by atoms with Crippen LogP contribution >= 0.6 is 24.0 Å². The van der Waals surface area contributed by atoms with Crippen LogP contribution in [-0.4, -0.2) is 67.2 Å². The summed E-state index contributed by atoms with van der Waals surface area (Å²) in [5.41, 5.74) is 1.17. The van der Waals surface area contributed by atoms with Crippen LogP contribution < -0.4 is 5.32 Å². The van der Waals surface area contributed by atoms with E-state index in [4.69, 9.17) is 0 Å². The van der Waals surface area contributed by atoms with Gasteiger partial charge in [0.15, 0.2) is 15.8 Å². The second-order valence-electron chi connectivity index (χ2n) is 7.23. The molecule has 0 aliphatic carbocycles. The number of para-hydroxylation sites is 1. The van der Waals surface area contributed by atoms with Gasteiger partial charge in [-0.2, -0.15) is 5.10 Å². The Bertz CT molecular complexity index is 927. The maximum Gasteiger partial charge on any atom is 0.193 e. The first-order valence-corrected chi connectivity index (χ1v) is 11.0. The Labute approximate surface area is 177 Å². The fraction of sp³-hybridized carbons (Fsp3) is 0.556. The molecule has 1 aromatic heterocycles. The highest BCUT2D eigenvalue weighted by Crippen LogP contribution is 2.25. The standard InChI is InChI=1S/C18H25N5O2S.HI/c1-19-18(20-10-14-7-9-26(24,25)13-14)22-8-6-16(12-22)23-17-5-3-2-4-15(17)11-21-23;/h2-5,11,14,16H,6-10,12-13H2,1H3,(H,19,20);1H. The number of nitrogens with one attached hydrogen (secondary N) is 1. The summed E-state index contributed by atoms with van der Waals surface area (Å²) in [6.45, 7) is 2.44. The Morgan fingerprint density at radius 2 is 2.15 bits per heavy atom. The first-order chi connectivity index (χ1) is 12.6. The third-order valence-corrected chi connectivity index (χ3v) is 7.24. The summed E-state index contributed by atoms with van der Waals surface area (Å²) in [6, 6.07) is 8.59. The molecule has 0 bridgehead atoms. The number of rotatable bonds is 3. The van der Waals surface area contributed by atoms with E-state index in [1.165, 1.54) is 5.52 Å². The number of guanidine groups is 1. The van der Waals surface area contributed by atoms with E-state index in [0.29, 0.717) is 24.1 Å². The Kier molecular flexibility index (Phi) is 6.29. The number of hydrogen-bond donors (Lipinski definition) is 1. The molecule has 0 radical (unpaired) electrons. The van der Waals surface area contributed by atoms with Crippen molar-refractivity contribution in [2.45, 2.75) is 18.9 Å². The fourth-order valence-corrected chi connectivity index (χ4v) is 5.88. The van der Waals surface area contributed by atoms with Gasteiger partial charge in [-0.3, -0.25) is 9.67 Å². The zero-order valence-corrected chi connectivity index (χ0v) is 18.6. The lowest BCUT2D eigenvalue weighted by atomic mass is 10.1. The molecule has 3 heterocycles. The molecule has 2 aliphatic heterocycles. The van der Waals surface area contributed by atoms with E-state index in [2.05, 4.69) is 37.1 Å². The Balaban J connectivity index is 0.00000210. The van der Waals surface area contributed by atoms with Gasteiger partial charge < -0.3 is 10.2 Å². The molecule has 2 atom stereocenters. The molecule has 7 nitrogen and oxygen atoms in total. The Morgan fingerprint density at radius 3 is 2.89 bits per heavy atom. The van der Waals surface area contributed by atoms with Gasteiger partial charge in [0.1, 0.15) is 0 Å². The minimum absolute atomic E-state index is 0. The van der Waals surface area contributed by atoms with Gasteiger partial charge in [0.2, 0.25) is 0 Å². The van der Waals surface area contributed by atoms with Gasteiger partial charge in [0, 0.05) is 32.1 Å². The normalized spacial score (nSPS) is 24.9. The van der Waals surface area contributed by atoms with Crippen molar-refractivity contribution in [1.29, 1.82) is 0 Å². The van der Waals surface area contributed by atoms with Crippen LogP contribution in [0.4, 0.5) is 0 Å². The maximum absolute atomic E-state index is 11.6. The third kappa shape index (κ3) is 4.39. The molecule has 2 aliphatic rings. The number of aromatic nitrogens is 2. The number of likely N-dealkylation sites (tertiary alicyclic amines) is 1. The van der Waals surface area contributed by atoms with Gasteiger partial charge in [-0.15, -0.1) is 24.0 Å². The number of halogens is 1. The molecule has 0 saturated carbocycles. The first kappa shape index (κ1) is 20.4. The molecule has 0 spiro atoms. The molecule has 27 heavy (non-hydrogen) atoms. The lowest BCUT2D eigenvalue weighted by Crippen LogP contribution is -2.42. The number of nitrogens with zero attached hydrogens (tertiary/aromatic N) is 4. The monoisotopic (exact) mass is 503 g/mol. The lowest BCUT2D eigenvalue weighted by Gasteiger charge is -2.23. The van der Waals surface area contributed by atoms with Crippen LogP contribution in [0.15, 0.2) is 35.5 Å².